The van der Waals surface area contributed by atoms with Crippen LogP contribution in [0.15, 0.2) is 28.6 Å². The number of benzene rings is 1. The van der Waals surface area contributed by atoms with E-state index in [0.29, 0.717) is 23.8 Å². The zero-order valence-corrected chi connectivity index (χ0v) is 21.1. The van der Waals surface area contributed by atoms with Crippen molar-refractivity contribution in [3.05, 3.63) is 39.6 Å². The predicted octanol–water partition coefficient (Wildman–Crippen LogP) is 3.12. The zero-order chi connectivity index (χ0) is 20.6. The first-order chi connectivity index (χ1) is 14.2. The van der Waals surface area contributed by atoms with E-state index in [-0.39, 0.29) is 24.0 Å². The summed E-state index contributed by atoms with van der Waals surface area (Å²) in [7, 11) is 6.62. The highest BCUT2D eigenvalue weighted by Crippen LogP contribution is 2.38. The Kier molecular flexibility index (Phi) is 9.99. The lowest BCUT2D eigenvalue weighted by atomic mass is 10.1. The molecule has 0 amide bonds. The maximum Gasteiger partial charge on any atom is 0.203 e. The maximum atomic E-state index is 5.42. The Morgan fingerprint density at radius 2 is 1.87 bits per heavy atom. The van der Waals surface area contributed by atoms with Gasteiger partial charge in [0.25, 0.3) is 0 Å². The molecule has 0 fully saturated rings. The third kappa shape index (κ3) is 6.14. The Labute approximate surface area is 199 Å². The average Bonchev–Trinajstić information content (AvgIpc) is 3.23. The molecule has 1 aliphatic rings. The molecule has 1 aliphatic heterocycles. The fraction of sp³-hybridized carbons (Fsp3) is 0.476. The van der Waals surface area contributed by atoms with E-state index in [1.54, 1.807) is 28.4 Å². The van der Waals surface area contributed by atoms with Gasteiger partial charge in [0.2, 0.25) is 5.75 Å². The number of guanidine groups is 1. The molecule has 0 atom stereocenters. The highest BCUT2D eigenvalue weighted by molar-refractivity contribution is 14.0. The number of rotatable bonds is 8. The molecule has 0 radical (unpaired) electrons. The number of aliphatic imine (C=N–C) groups is 1. The number of methoxy groups -OCH3 is 3. The lowest BCUT2D eigenvalue weighted by Crippen LogP contribution is -2.42. The van der Waals surface area contributed by atoms with Gasteiger partial charge in [0.15, 0.2) is 17.5 Å². The Balaban J connectivity index is 0.00000320. The number of hydrogen-bond donors (Lipinski definition) is 2. The fourth-order valence-electron chi connectivity index (χ4n) is 3.47. The van der Waals surface area contributed by atoms with E-state index in [0.717, 1.165) is 44.1 Å². The minimum absolute atomic E-state index is 0. The third-order valence-corrected chi connectivity index (χ3v) is 6.04. The van der Waals surface area contributed by atoms with Crippen molar-refractivity contribution in [2.45, 2.75) is 19.5 Å². The molecule has 2 heterocycles. The summed E-state index contributed by atoms with van der Waals surface area (Å²) < 4.78 is 16.2. The summed E-state index contributed by atoms with van der Waals surface area (Å²) in [6.07, 6.45) is 1.15. The molecule has 30 heavy (non-hydrogen) atoms. The first-order valence-corrected chi connectivity index (χ1v) is 10.6. The van der Waals surface area contributed by atoms with E-state index >= 15 is 0 Å². The Morgan fingerprint density at radius 3 is 2.50 bits per heavy atom. The summed E-state index contributed by atoms with van der Waals surface area (Å²) >= 11 is 1.87. The molecule has 0 saturated carbocycles. The lowest BCUT2D eigenvalue weighted by molar-refractivity contribution is 0.260. The molecule has 1 aromatic heterocycles. The molecule has 2 aromatic rings. The number of nitrogens with one attached hydrogen (secondary N) is 2. The number of hydrogen-bond acceptors (Lipinski definition) is 6. The molecule has 9 heteroatoms. The van der Waals surface area contributed by atoms with Crippen LogP contribution in [-0.2, 0) is 19.5 Å². The molecule has 3 rings (SSSR count). The van der Waals surface area contributed by atoms with Gasteiger partial charge in [0, 0.05) is 44.6 Å². The smallest absolute Gasteiger partial charge is 0.203 e. The zero-order valence-electron chi connectivity index (χ0n) is 18.0. The summed E-state index contributed by atoms with van der Waals surface area (Å²) in [5, 5.41) is 8.94. The van der Waals surface area contributed by atoms with Crippen LogP contribution in [0.1, 0.15) is 16.0 Å². The second-order valence-electron chi connectivity index (χ2n) is 6.78. The molecular formula is C21H31IN4O3S. The van der Waals surface area contributed by atoms with E-state index in [4.69, 9.17) is 14.2 Å². The van der Waals surface area contributed by atoms with Crippen LogP contribution in [0.2, 0.25) is 0 Å². The van der Waals surface area contributed by atoms with Crippen LogP contribution in [0.3, 0.4) is 0 Å². The van der Waals surface area contributed by atoms with Crippen molar-refractivity contribution in [1.82, 2.24) is 15.5 Å². The third-order valence-electron chi connectivity index (χ3n) is 5.02. The van der Waals surface area contributed by atoms with Crippen LogP contribution >= 0.6 is 35.3 Å². The van der Waals surface area contributed by atoms with E-state index in [1.165, 1.54) is 10.4 Å². The minimum Gasteiger partial charge on any atom is -0.493 e. The Hall–Kier alpha value is -1.72. The van der Waals surface area contributed by atoms with Crippen LogP contribution in [0, 0.1) is 0 Å². The fourth-order valence-corrected chi connectivity index (χ4v) is 4.36. The molecular weight excluding hydrogens is 515 g/mol. The van der Waals surface area contributed by atoms with E-state index in [1.807, 2.05) is 23.5 Å². The van der Waals surface area contributed by atoms with Gasteiger partial charge in [-0.1, -0.05) is 0 Å². The van der Waals surface area contributed by atoms with Crippen molar-refractivity contribution < 1.29 is 14.2 Å². The second kappa shape index (κ2) is 12.2. The van der Waals surface area contributed by atoms with Gasteiger partial charge in [-0.3, -0.25) is 9.89 Å². The van der Waals surface area contributed by atoms with Crippen LogP contribution in [0.4, 0.5) is 0 Å². The van der Waals surface area contributed by atoms with Crippen LogP contribution in [-0.4, -0.2) is 58.9 Å². The monoisotopic (exact) mass is 546 g/mol. The molecule has 0 bridgehead atoms. The van der Waals surface area contributed by atoms with Gasteiger partial charge in [-0.05, 0) is 41.1 Å². The summed E-state index contributed by atoms with van der Waals surface area (Å²) in [5.41, 5.74) is 2.50. The van der Waals surface area contributed by atoms with Gasteiger partial charge in [0.1, 0.15) is 0 Å². The van der Waals surface area contributed by atoms with Crippen LogP contribution in [0.5, 0.6) is 17.2 Å². The molecule has 1 aromatic carbocycles. The first-order valence-electron chi connectivity index (χ1n) is 9.69. The average molecular weight is 546 g/mol. The van der Waals surface area contributed by atoms with Gasteiger partial charge in [-0.2, -0.15) is 0 Å². The SMILES string of the molecule is CN=C(NCCN1CCc2sccc2C1)NCc1cc(OC)c(OC)c(OC)c1.I. The van der Waals surface area contributed by atoms with Gasteiger partial charge in [0.05, 0.1) is 21.3 Å². The van der Waals surface area contributed by atoms with Crippen LogP contribution in [0.25, 0.3) is 0 Å². The number of halogens is 1. The van der Waals surface area contributed by atoms with Crippen molar-refractivity contribution in [3.8, 4) is 17.2 Å². The summed E-state index contributed by atoms with van der Waals surface area (Å²) in [5.74, 6) is 2.65. The Morgan fingerprint density at radius 1 is 1.13 bits per heavy atom. The summed E-state index contributed by atoms with van der Waals surface area (Å²) in [6.45, 7) is 4.58. The van der Waals surface area contributed by atoms with Gasteiger partial charge < -0.3 is 24.8 Å². The maximum absolute atomic E-state index is 5.42. The highest BCUT2D eigenvalue weighted by atomic mass is 127. The lowest BCUT2D eigenvalue weighted by Gasteiger charge is -2.27. The van der Waals surface area contributed by atoms with Gasteiger partial charge >= 0.3 is 0 Å². The molecule has 7 nitrogen and oxygen atoms in total. The van der Waals surface area contributed by atoms with E-state index < -0.39 is 0 Å². The quantitative estimate of drug-likeness (QED) is 0.302. The van der Waals surface area contributed by atoms with Crippen molar-refractivity contribution in [2.75, 3.05) is 48.0 Å². The normalized spacial score (nSPS) is 13.8. The van der Waals surface area contributed by atoms with E-state index in [9.17, 15) is 0 Å². The number of ether oxygens (including phenoxy) is 3. The molecule has 0 spiro atoms. The number of thiophene rings is 1. The second-order valence-corrected chi connectivity index (χ2v) is 7.78. The first kappa shape index (κ1) is 24.5. The summed E-state index contributed by atoms with van der Waals surface area (Å²) in [6, 6.07) is 6.12. The molecule has 166 valence electrons. The summed E-state index contributed by atoms with van der Waals surface area (Å²) in [4.78, 5) is 8.34. The molecule has 0 saturated heterocycles. The van der Waals surface area contributed by atoms with Crippen molar-refractivity contribution in [3.63, 3.8) is 0 Å². The van der Waals surface area contributed by atoms with Gasteiger partial charge in [-0.15, -0.1) is 35.3 Å². The minimum atomic E-state index is 0. The van der Waals surface area contributed by atoms with Gasteiger partial charge in [-0.25, -0.2) is 0 Å². The van der Waals surface area contributed by atoms with Crippen LogP contribution < -0.4 is 24.8 Å². The van der Waals surface area contributed by atoms with E-state index in [2.05, 4.69) is 32.0 Å². The predicted molar refractivity (Wildman–Crippen MR) is 133 cm³/mol. The molecule has 0 unspecified atom stereocenters. The topological polar surface area (TPSA) is 67.4 Å². The van der Waals surface area contributed by atoms with Crippen molar-refractivity contribution in [2.24, 2.45) is 4.99 Å². The van der Waals surface area contributed by atoms with Crippen molar-refractivity contribution in [1.29, 1.82) is 0 Å². The number of nitrogens with zero attached hydrogens (tertiary/aromatic N) is 2. The molecule has 2 N–H and O–H groups in total. The Bertz CT molecular complexity index is 818. The standard InChI is InChI=1S/C21H30N4O3S.HI/c1-22-21(23-7-9-25-8-5-19-16(14-25)6-10-29-19)24-13-15-11-17(26-2)20(28-4)18(12-15)27-3;/h6,10-12H,5,7-9,13-14H2,1-4H3,(H2,22,23,24);1H. The number of fused-ring (bicyclic) bond motifs is 1. The van der Waals surface area contributed by atoms with Crippen molar-refractivity contribution >= 4 is 41.3 Å². The largest absolute Gasteiger partial charge is 0.493 e. The molecule has 0 aliphatic carbocycles. The highest BCUT2D eigenvalue weighted by Gasteiger charge is 2.17.